The average molecular weight is 539 g/mol. The summed E-state index contributed by atoms with van der Waals surface area (Å²) >= 11 is 17.8. The zero-order valence-electron chi connectivity index (χ0n) is 18.3. The highest BCUT2D eigenvalue weighted by Gasteiger charge is 2.30. The Balaban J connectivity index is 1.38. The van der Waals surface area contributed by atoms with Gasteiger partial charge in [0, 0.05) is 39.6 Å². The van der Waals surface area contributed by atoms with Crippen molar-refractivity contribution in [3.8, 4) is 0 Å². The molecule has 0 saturated carbocycles. The summed E-state index contributed by atoms with van der Waals surface area (Å²) in [5.41, 5.74) is 1.31. The summed E-state index contributed by atoms with van der Waals surface area (Å²) in [7, 11) is 0. The van der Waals surface area contributed by atoms with Crippen molar-refractivity contribution in [1.29, 1.82) is 0 Å². The van der Waals surface area contributed by atoms with Crippen LogP contribution in [-0.4, -0.2) is 24.7 Å². The number of hydrogen-bond acceptors (Lipinski definition) is 3. The van der Waals surface area contributed by atoms with E-state index in [1.807, 2.05) is 6.92 Å². The summed E-state index contributed by atoms with van der Waals surface area (Å²) in [5, 5.41) is 16.1. The Morgan fingerprint density at radius 3 is 2.34 bits per heavy atom. The topological polar surface area (TPSA) is 59.7 Å². The van der Waals surface area contributed by atoms with Gasteiger partial charge in [-0.05, 0) is 49.0 Å². The molecule has 0 aliphatic heterocycles. The summed E-state index contributed by atoms with van der Waals surface area (Å²) in [4.78, 5) is 0. The molecule has 0 spiro atoms. The minimum absolute atomic E-state index is 0.187. The minimum atomic E-state index is -4.40. The lowest BCUT2D eigenvalue weighted by Gasteiger charge is -2.10. The van der Waals surface area contributed by atoms with Crippen LogP contribution >= 0.6 is 35.4 Å². The maximum atomic E-state index is 13.0. The number of thiocarbonyl (C=S) groups is 1. The van der Waals surface area contributed by atoms with Crippen molar-refractivity contribution in [3.63, 3.8) is 0 Å². The second-order valence-electron chi connectivity index (χ2n) is 7.70. The van der Waals surface area contributed by atoms with Crippen LogP contribution in [0.4, 0.5) is 24.8 Å². The molecule has 12 heteroatoms. The fourth-order valence-corrected chi connectivity index (χ4v) is 4.10. The molecule has 0 amide bonds. The molecule has 0 bridgehead atoms. The van der Waals surface area contributed by atoms with E-state index < -0.39 is 11.7 Å². The molecule has 0 unspecified atom stereocenters. The van der Waals surface area contributed by atoms with E-state index in [4.69, 9.17) is 35.4 Å². The molecule has 0 saturated heterocycles. The second-order valence-corrected chi connectivity index (χ2v) is 8.93. The van der Waals surface area contributed by atoms with Crippen LogP contribution < -0.4 is 10.6 Å². The van der Waals surface area contributed by atoms with Gasteiger partial charge < -0.3 is 10.6 Å². The van der Waals surface area contributed by atoms with Crippen molar-refractivity contribution < 1.29 is 13.2 Å². The van der Waals surface area contributed by atoms with Gasteiger partial charge in [-0.3, -0.25) is 9.36 Å². The molecule has 0 atom stereocenters. The highest BCUT2D eigenvalue weighted by Crippen LogP contribution is 2.30. The lowest BCUT2D eigenvalue weighted by Crippen LogP contribution is -2.20. The number of benzene rings is 2. The van der Waals surface area contributed by atoms with Gasteiger partial charge in [-0.15, -0.1) is 0 Å². The Hall–Kier alpha value is -3.08. The van der Waals surface area contributed by atoms with Crippen LogP contribution in [0.25, 0.3) is 0 Å². The van der Waals surface area contributed by atoms with Crippen molar-refractivity contribution in [2.75, 3.05) is 10.6 Å². The maximum absolute atomic E-state index is 13.0. The lowest BCUT2D eigenvalue weighted by atomic mass is 10.1. The maximum Gasteiger partial charge on any atom is 0.416 e. The van der Waals surface area contributed by atoms with Crippen molar-refractivity contribution in [2.45, 2.75) is 26.2 Å². The quantitative estimate of drug-likeness (QED) is 0.270. The van der Waals surface area contributed by atoms with Gasteiger partial charge in [0.25, 0.3) is 0 Å². The number of anilines is 2. The van der Waals surface area contributed by atoms with Crippen LogP contribution in [-0.2, 0) is 19.3 Å². The van der Waals surface area contributed by atoms with E-state index in [-0.39, 0.29) is 11.7 Å². The summed E-state index contributed by atoms with van der Waals surface area (Å²) in [6.45, 7) is 2.38. The smallest absolute Gasteiger partial charge is 0.316 e. The number of nitrogens with zero attached hydrogens (tertiary/aromatic N) is 4. The third-order valence-corrected chi connectivity index (χ3v) is 5.99. The molecule has 4 rings (SSSR count). The fraction of sp³-hybridized carbons (Fsp3) is 0.174. The molecule has 0 aliphatic rings. The Morgan fingerprint density at radius 1 is 0.943 bits per heavy atom. The number of aromatic nitrogens is 4. The third kappa shape index (κ3) is 6.33. The number of aryl methyl sites for hydroxylation is 1. The van der Waals surface area contributed by atoms with Crippen molar-refractivity contribution >= 4 is 52.2 Å². The van der Waals surface area contributed by atoms with Gasteiger partial charge in [-0.1, -0.05) is 41.4 Å². The Bertz CT molecular complexity index is 1350. The van der Waals surface area contributed by atoms with E-state index in [1.54, 1.807) is 52.0 Å². The van der Waals surface area contributed by atoms with Crippen molar-refractivity contribution in [1.82, 2.24) is 19.6 Å². The molecule has 0 fully saturated rings. The van der Waals surface area contributed by atoms with Crippen LogP contribution in [0.15, 0.2) is 60.8 Å². The molecule has 0 radical (unpaired) electrons. The minimum Gasteiger partial charge on any atom is -0.316 e. The highest BCUT2D eigenvalue weighted by atomic mass is 35.5. The van der Waals surface area contributed by atoms with E-state index in [0.29, 0.717) is 33.8 Å². The number of rotatable bonds is 6. The van der Waals surface area contributed by atoms with Crippen LogP contribution in [0.5, 0.6) is 0 Å². The van der Waals surface area contributed by atoms with Crippen LogP contribution in [0.1, 0.15) is 22.4 Å². The van der Waals surface area contributed by atoms with E-state index in [9.17, 15) is 13.2 Å². The SMILES string of the molecule is Cc1cc(NC(=S)Nc2ccn(Cc3c(Cl)cccc3Cl)n2)nn1Cc1cccc(C(F)(F)F)c1. The fourth-order valence-electron chi connectivity index (χ4n) is 3.38. The number of alkyl halides is 3. The predicted molar refractivity (Wildman–Crippen MR) is 135 cm³/mol. The van der Waals surface area contributed by atoms with E-state index >= 15 is 0 Å². The molecular weight excluding hydrogens is 520 g/mol. The van der Waals surface area contributed by atoms with Gasteiger partial charge in [0.2, 0.25) is 0 Å². The van der Waals surface area contributed by atoms with Crippen LogP contribution in [0.3, 0.4) is 0 Å². The van der Waals surface area contributed by atoms with Crippen molar-refractivity contribution in [3.05, 3.63) is 93.2 Å². The number of halogens is 5. The van der Waals surface area contributed by atoms with Gasteiger partial charge in [-0.2, -0.15) is 23.4 Å². The van der Waals surface area contributed by atoms with Crippen LogP contribution in [0, 0.1) is 6.92 Å². The average Bonchev–Trinajstić information content (AvgIpc) is 3.36. The third-order valence-electron chi connectivity index (χ3n) is 5.07. The summed E-state index contributed by atoms with van der Waals surface area (Å²) in [6, 6.07) is 14.0. The van der Waals surface area contributed by atoms with E-state index in [1.165, 1.54) is 6.07 Å². The lowest BCUT2D eigenvalue weighted by molar-refractivity contribution is -0.137. The normalized spacial score (nSPS) is 11.5. The molecule has 2 aromatic carbocycles. The Labute approximate surface area is 214 Å². The molecule has 2 aromatic heterocycles. The first kappa shape index (κ1) is 25.0. The molecule has 35 heavy (non-hydrogen) atoms. The predicted octanol–water partition coefficient (Wildman–Crippen LogP) is 6.62. The molecule has 4 aromatic rings. The van der Waals surface area contributed by atoms with Crippen molar-refractivity contribution in [2.24, 2.45) is 0 Å². The van der Waals surface area contributed by atoms with E-state index in [2.05, 4.69) is 20.8 Å². The highest BCUT2D eigenvalue weighted by molar-refractivity contribution is 7.80. The number of hydrogen-bond donors (Lipinski definition) is 2. The first-order chi connectivity index (χ1) is 16.6. The first-order valence-electron chi connectivity index (χ1n) is 10.3. The van der Waals surface area contributed by atoms with Gasteiger partial charge in [0.15, 0.2) is 16.7 Å². The zero-order valence-corrected chi connectivity index (χ0v) is 20.6. The van der Waals surface area contributed by atoms with Gasteiger partial charge in [-0.25, -0.2) is 0 Å². The van der Waals surface area contributed by atoms with Crippen LogP contribution in [0.2, 0.25) is 10.0 Å². The Morgan fingerprint density at radius 2 is 1.63 bits per heavy atom. The second kappa shape index (κ2) is 10.3. The number of nitrogens with one attached hydrogen (secondary N) is 2. The monoisotopic (exact) mass is 538 g/mol. The summed E-state index contributed by atoms with van der Waals surface area (Å²) in [6.07, 6.45) is -2.63. The van der Waals surface area contributed by atoms with Gasteiger partial charge >= 0.3 is 6.18 Å². The molecule has 2 N–H and O–H groups in total. The molecule has 2 heterocycles. The van der Waals surface area contributed by atoms with Gasteiger partial charge in [0.1, 0.15) is 0 Å². The molecular formula is C23H19Cl2F3N6S. The largest absolute Gasteiger partial charge is 0.416 e. The molecule has 182 valence electrons. The standard InChI is InChI=1S/C23H19Cl2F3N6S/c1-14-10-21(32-34(14)12-15-4-2-5-16(11-15)23(26,27)28)30-22(35)29-20-8-9-33(31-20)13-17-18(24)6-3-7-19(17)25/h2-11H,12-13H2,1H3,(H2,29,30,31,32,35). The summed E-state index contributed by atoms with van der Waals surface area (Å²) in [5.74, 6) is 0.958. The summed E-state index contributed by atoms with van der Waals surface area (Å²) < 4.78 is 42.2. The molecule has 0 aliphatic carbocycles. The van der Waals surface area contributed by atoms with Gasteiger partial charge in [0.05, 0.1) is 18.7 Å². The first-order valence-corrected chi connectivity index (χ1v) is 11.5. The Kier molecular flexibility index (Phi) is 7.34. The van der Waals surface area contributed by atoms with E-state index in [0.717, 1.165) is 23.4 Å². The molecule has 6 nitrogen and oxygen atoms in total. The zero-order chi connectivity index (χ0) is 25.2.